The summed E-state index contributed by atoms with van der Waals surface area (Å²) in [5, 5.41) is 4.39. The lowest BCUT2D eigenvalue weighted by Gasteiger charge is -2.16. The molecule has 0 saturated heterocycles. The summed E-state index contributed by atoms with van der Waals surface area (Å²) in [5.41, 5.74) is 5.19. The highest BCUT2D eigenvalue weighted by atomic mass is 35.5. The number of aromatic nitrogens is 1. The molecule has 0 amide bonds. The van der Waals surface area contributed by atoms with Crippen LogP contribution in [0.15, 0.2) is 30.3 Å². The molecule has 0 aliphatic heterocycles. The van der Waals surface area contributed by atoms with E-state index in [-0.39, 0.29) is 6.04 Å². The number of halogens is 1. The first-order valence-electron chi connectivity index (χ1n) is 7.18. The molecule has 1 N–H and O–H groups in total. The molecule has 20 heavy (non-hydrogen) atoms. The maximum absolute atomic E-state index is 6.24. The van der Waals surface area contributed by atoms with Gasteiger partial charge in [0.2, 0.25) is 0 Å². The van der Waals surface area contributed by atoms with Crippen LogP contribution in [0.1, 0.15) is 42.4 Å². The average molecular weight is 291 g/mol. The molecule has 1 aromatic heterocycles. The lowest BCUT2D eigenvalue weighted by atomic mass is 10.1. The molecule has 1 unspecified atom stereocenters. The first-order chi connectivity index (χ1) is 9.54. The topological polar surface area (TPSA) is 17.0 Å². The highest BCUT2D eigenvalue weighted by Crippen LogP contribution is 2.23. The van der Waals surface area contributed by atoms with Crippen molar-refractivity contribution in [1.29, 1.82) is 0 Å². The van der Waals surface area contributed by atoms with Crippen LogP contribution < -0.4 is 5.32 Å². The maximum atomic E-state index is 6.24. The van der Waals surface area contributed by atoms with Crippen molar-refractivity contribution in [3.05, 3.63) is 57.9 Å². The minimum Gasteiger partial charge on any atom is -0.349 e. The second-order valence-corrected chi connectivity index (χ2v) is 5.67. The standard InChI is InChI=1S/C17H23ClN2/c1-5-20-12(2)10-15(14(20)4)11-19-13(3)16-8-6-7-9-17(16)18/h6-10,13,19H,5,11H2,1-4H3. The Labute approximate surface area is 126 Å². The molecule has 0 bridgehead atoms. The van der Waals surface area contributed by atoms with Crippen LogP contribution >= 0.6 is 11.6 Å². The van der Waals surface area contributed by atoms with Crippen LogP contribution in [0.3, 0.4) is 0 Å². The van der Waals surface area contributed by atoms with Crippen molar-refractivity contribution >= 4 is 11.6 Å². The van der Waals surface area contributed by atoms with E-state index < -0.39 is 0 Å². The normalized spacial score (nSPS) is 12.7. The molecule has 0 spiro atoms. The smallest absolute Gasteiger partial charge is 0.0453 e. The molecular formula is C17H23ClN2. The van der Waals surface area contributed by atoms with Crippen molar-refractivity contribution < 1.29 is 0 Å². The van der Waals surface area contributed by atoms with E-state index in [4.69, 9.17) is 11.6 Å². The Hall–Kier alpha value is -1.25. The summed E-state index contributed by atoms with van der Waals surface area (Å²) in [7, 11) is 0. The molecule has 3 heteroatoms. The van der Waals surface area contributed by atoms with Crippen LogP contribution in [0.5, 0.6) is 0 Å². The summed E-state index contributed by atoms with van der Waals surface area (Å²) in [6.45, 7) is 10.6. The average Bonchev–Trinajstić information content (AvgIpc) is 2.70. The van der Waals surface area contributed by atoms with Crippen molar-refractivity contribution in [2.24, 2.45) is 0 Å². The summed E-state index contributed by atoms with van der Waals surface area (Å²) in [6, 6.07) is 10.5. The predicted octanol–water partition coefficient (Wildman–Crippen LogP) is 4.63. The van der Waals surface area contributed by atoms with E-state index in [1.165, 1.54) is 17.0 Å². The molecule has 1 aromatic carbocycles. The monoisotopic (exact) mass is 290 g/mol. The molecule has 0 aliphatic carbocycles. The summed E-state index contributed by atoms with van der Waals surface area (Å²) in [5.74, 6) is 0. The zero-order valence-corrected chi connectivity index (χ0v) is 13.5. The summed E-state index contributed by atoms with van der Waals surface area (Å²) < 4.78 is 2.34. The molecular weight excluding hydrogens is 268 g/mol. The maximum Gasteiger partial charge on any atom is 0.0453 e. The first-order valence-corrected chi connectivity index (χ1v) is 7.55. The van der Waals surface area contributed by atoms with Gasteiger partial charge in [-0.05, 0) is 51.0 Å². The van der Waals surface area contributed by atoms with Crippen LogP contribution in [0.25, 0.3) is 0 Å². The van der Waals surface area contributed by atoms with Gasteiger partial charge in [0.1, 0.15) is 0 Å². The molecule has 0 fully saturated rings. The number of rotatable bonds is 5. The van der Waals surface area contributed by atoms with Crippen molar-refractivity contribution in [3.8, 4) is 0 Å². The van der Waals surface area contributed by atoms with Gasteiger partial charge >= 0.3 is 0 Å². The zero-order valence-electron chi connectivity index (χ0n) is 12.7. The number of hydrogen-bond donors (Lipinski definition) is 1. The van der Waals surface area contributed by atoms with Crippen LogP contribution in [-0.4, -0.2) is 4.57 Å². The molecule has 0 saturated carbocycles. The van der Waals surface area contributed by atoms with Crippen molar-refractivity contribution in [1.82, 2.24) is 9.88 Å². The third-order valence-electron chi connectivity index (χ3n) is 3.97. The van der Waals surface area contributed by atoms with E-state index in [1.807, 2.05) is 18.2 Å². The number of nitrogens with one attached hydrogen (secondary N) is 1. The van der Waals surface area contributed by atoms with Gasteiger partial charge in [-0.3, -0.25) is 0 Å². The second-order valence-electron chi connectivity index (χ2n) is 5.26. The molecule has 1 atom stereocenters. The van der Waals surface area contributed by atoms with Gasteiger partial charge in [-0.25, -0.2) is 0 Å². The van der Waals surface area contributed by atoms with E-state index in [1.54, 1.807) is 0 Å². The Morgan fingerprint density at radius 1 is 1.25 bits per heavy atom. The van der Waals surface area contributed by atoms with E-state index in [0.29, 0.717) is 0 Å². The lowest BCUT2D eigenvalue weighted by molar-refractivity contribution is 0.571. The lowest BCUT2D eigenvalue weighted by Crippen LogP contribution is -2.18. The third-order valence-corrected chi connectivity index (χ3v) is 4.31. The SMILES string of the molecule is CCn1c(C)cc(CNC(C)c2ccccc2Cl)c1C. The molecule has 2 nitrogen and oxygen atoms in total. The van der Waals surface area contributed by atoms with E-state index in [0.717, 1.165) is 23.7 Å². The van der Waals surface area contributed by atoms with Gasteiger partial charge in [-0.15, -0.1) is 0 Å². The summed E-state index contributed by atoms with van der Waals surface area (Å²) >= 11 is 6.24. The minimum atomic E-state index is 0.244. The Morgan fingerprint density at radius 3 is 2.55 bits per heavy atom. The largest absolute Gasteiger partial charge is 0.349 e. The zero-order chi connectivity index (χ0) is 14.7. The summed E-state index contributed by atoms with van der Waals surface area (Å²) in [4.78, 5) is 0. The van der Waals surface area contributed by atoms with Crippen molar-refractivity contribution in [3.63, 3.8) is 0 Å². The Bertz CT molecular complexity index is 587. The molecule has 2 aromatic rings. The fourth-order valence-corrected chi connectivity index (χ4v) is 3.04. The van der Waals surface area contributed by atoms with Gasteiger partial charge < -0.3 is 9.88 Å². The predicted molar refractivity (Wildman–Crippen MR) is 86.3 cm³/mol. The van der Waals surface area contributed by atoms with E-state index in [2.05, 4.69) is 49.7 Å². The van der Waals surface area contributed by atoms with Crippen LogP contribution in [0.2, 0.25) is 5.02 Å². The fourth-order valence-electron chi connectivity index (χ4n) is 2.74. The number of hydrogen-bond acceptors (Lipinski definition) is 1. The van der Waals surface area contributed by atoms with E-state index >= 15 is 0 Å². The molecule has 108 valence electrons. The van der Waals surface area contributed by atoms with Gasteiger partial charge in [0.15, 0.2) is 0 Å². The van der Waals surface area contributed by atoms with Gasteiger partial charge in [-0.1, -0.05) is 29.8 Å². The van der Waals surface area contributed by atoms with Gasteiger partial charge in [0.25, 0.3) is 0 Å². The highest BCUT2D eigenvalue weighted by molar-refractivity contribution is 6.31. The van der Waals surface area contributed by atoms with Gasteiger partial charge in [-0.2, -0.15) is 0 Å². The quantitative estimate of drug-likeness (QED) is 0.849. The second kappa shape index (κ2) is 6.47. The fraction of sp³-hybridized carbons (Fsp3) is 0.412. The highest BCUT2D eigenvalue weighted by Gasteiger charge is 2.11. The molecule has 2 rings (SSSR count). The van der Waals surface area contributed by atoms with Crippen LogP contribution in [0, 0.1) is 13.8 Å². The minimum absolute atomic E-state index is 0.244. The summed E-state index contributed by atoms with van der Waals surface area (Å²) in [6.07, 6.45) is 0. The van der Waals surface area contributed by atoms with Gasteiger partial charge in [0, 0.05) is 35.5 Å². The third kappa shape index (κ3) is 3.08. The Morgan fingerprint density at radius 2 is 1.95 bits per heavy atom. The van der Waals surface area contributed by atoms with Crippen LogP contribution in [-0.2, 0) is 13.1 Å². The number of aryl methyl sites for hydroxylation is 1. The van der Waals surface area contributed by atoms with Crippen molar-refractivity contribution in [2.45, 2.75) is 46.8 Å². The Kier molecular flexibility index (Phi) is 4.90. The molecule has 1 heterocycles. The number of benzene rings is 1. The number of nitrogens with zero attached hydrogens (tertiary/aromatic N) is 1. The van der Waals surface area contributed by atoms with E-state index in [9.17, 15) is 0 Å². The molecule has 0 aliphatic rings. The van der Waals surface area contributed by atoms with Crippen molar-refractivity contribution in [2.75, 3.05) is 0 Å². The first kappa shape index (κ1) is 15.1. The Balaban J connectivity index is 2.08. The van der Waals surface area contributed by atoms with Crippen LogP contribution in [0.4, 0.5) is 0 Å². The van der Waals surface area contributed by atoms with Gasteiger partial charge in [0.05, 0.1) is 0 Å². The molecule has 0 radical (unpaired) electrons.